The van der Waals surface area contributed by atoms with Crippen LogP contribution in [0.3, 0.4) is 0 Å². The number of benzene rings is 2. The monoisotopic (exact) mass is 420 g/mol. The molecule has 1 heterocycles. The van der Waals surface area contributed by atoms with Crippen LogP contribution < -0.4 is 4.74 Å². The number of hydrogen-bond donors (Lipinski definition) is 0. The Morgan fingerprint density at radius 2 is 1.85 bits per heavy atom. The molecule has 3 rings (SSSR count). The van der Waals surface area contributed by atoms with Crippen molar-refractivity contribution in [2.24, 2.45) is 0 Å². The van der Waals surface area contributed by atoms with E-state index in [0.29, 0.717) is 5.02 Å². The minimum absolute atomic E-state index is 0.0711. The average Bonchev–Trinajstić information content (AvgIpc) is 3.14. The van der Waals surface area contributed by atoms with Crippen molar-refractivity contribution in [3.05, 3.63) is 76.8 Å². The number of methoxy groups -OCH3 is 1. The number of aromatic nitrogens is 2. The Morgan fingerprint density at radius 1 is 1.11 bits per heavy atom. The van der Waals surface area contributed by atoms with Crippen molar-refractivity contribution in [2.45, 2.75) is 36.0 Å². The summed E-state index contributed by atoms with van der Waals surface area (Å²) < 4.78 is 7.59. The van der Waals surface area contributed by atoms with Crippen LogP contribution in [0.4, 0.5) is 0 Å². The summed E-state index contributed by atoms with van der Waals surface area (Å²) in [4.78, 5) is 5.23. The Hall–Kier alpha value is -1.62. The molecule has 0 amide bonds. The zero-order valence-corrected chi connectivity index (χ0v) is 17.7. The number of thioether (sulfide) groups is 1. The van der Waals surface area contributed by atoms with Gasteiger partial charge in [0.2, 0.25) is 0 Å². The summed E-state index contributed by atoms with van der Waals surface area (Å²) in [5.41, 5.74) is 1.27. The first-order valence-corrected chi connectivity index (χ1v) is 10.3. The lowest BCUT2D eigenvalue weighted by atomic mass is 10.00. The van der Waals surface area contributed by atoms with E-state index in [2.05, 4.69) is 28.6 Å². The van der Waals surface area contributed by atoms with Crippen LogP contribution in [-0.2, 0) is 13.0 Å². The Morgan fingerprint density at radius 3 is 2.52 bits per heavy atom. The predicted molar refractivity (Wildman–Crippen MR) is 114 cm³/mol. The first kappa shape index (κ1) is 20.1. The van der Waals surface area contributed by atoms with E-state index in [0.717, 1.165) is 35.1 Å². The average molecular weight is 421 g/mol. The normalized spacial score (nSPS) is 13.3. The smallest absolute Gasteiger partial charge is 0.132 e. The van der Waals surface area contributed by atoms with E-state index in [1.165, 1.54) is 5.56 Å². The highest BCUT2D eigenvalue weighted by atomic mass is 35.5. The second-order valence-corrected chi connectivity index (χ2v) is 9.21. The zero-order valence-electron chi connectivity index (χ0n) is 15.4. The van der Waals surface area contributed by atoms with Crippen LogP contribution in [0.25, 0.3) is 0 Å². The summed E-state index contributed by atoms with van der Waals surface area (Å²) in [6.45, 7) is 3.11. The van der Waals surface area contributed by atoms with Crippen LogP contribution in [-0.4, -0.2) is 21.4 Å². The fraction of sp³-hybridized carbons (Fsp3) is 0.286. The van der Waals surface area contributed by atoms with Gasteiger partial charge in [0.05, 0.1) is 18.3 Å². The Kier molecular flexibility index (Phi) is 6.74. The quantitative estimate of drug-likeness (QED) is 0.395. The maximum atomic E-state index is 6.24. The van der Waals surface area contributed by atoms with Crippen molar-refractivity contribution in [3.63, 3.8) is 0 Å². The van der Waals surface area contributed by atoms with Crippen molar-refractivity contribution in [1.29, 1.82) is 0 Å². The molecular weight excluding hydrogens is 399 g/mol. The number of aryl methyl sites for hydroxylation is 1. The van der Waals surface area contributed by atoms with E-state index >= 15 is 0 Å². The van der Waals surface area contributed by atoms with Gasteiger partial charge in [-0.2, -0.15) is 0 Å². The number of hydrogen-bond acceptors (Lipinski definition) is 3. The minimum Gasteiger partial charge on any atom is -0.496 e. The SMILES string of the molecule is COc1ccc(Cl)cc1SC(C)(CCc1ccc(Cl)cc1)Cn1ccnc1. The van der Waals surface area contributed by atoms with Crippen molar-refractivity contribution in [3.8, 4) is 5.75 Å². The molecule has 1 unspecified atom stereocenters. The van der Waals surface area contributed by atoms with Gasteiger partial charge in [-0.15, -0.1) is 11.8 Å². The van der Waals surface area contributed by atoms with Gasteiger partial charge in [-0.1, -0.05) is 35.3 Å². The molecule has 0 spiro atoms. The van der Waals surface area contributed by atoms with E-state index < -0.39 is 0 Å². The van der Waals surface area contributed by atoms with Crippen molar-refractivity contribution in [2.75, 3.05) is 7.11 Å². The van der Waals surface area contributed by atoms with E-state index in [1.54, 1.807) is 18.9 Å². The predicted octanol–water partition coefficient (Wildman–Crippen LogP) is 6.38. The zero-order chi connectivity index (χ0) is 19.3. The summed E-state index contributed by atoms with van der Waals surface area (Å²) in [5, 5.41) is 1.47. The minimum atomic E-state index is -0.0711. The van der Waals surface area contributed by atoms with E-state index in [4.69, 9.17) is 27.9 Å². The molecule has 0 radical (unpaired) electrons. The first-order valence-electron chi connectivity index (χ1n) is 8.70. The number of halogens is 2. The Balaban J connectivity index is 1.83. The largest absolute Gasteiger partial charge is 0.496 e. The van der Waals surface area contributed by atoms with E-state index in [1.807, 2.05) is 49.1 Å². The molecule has 142 valence electrons. The van der Waals surface area contributed by atoms with Crippen LogP contribution in [0.5, 0.6) is 5.75 Å². The van der Waals surface area contributed by atoms with Crippen LogP contribution in [0.1, 0.15) is 18.9 Å². The van der Waals surface area contributed by atoms with Crippen molar-refractivity contribution < 1.29 is 4.74 Å². The third-order valence-corrected chi connectivity index (χ3v) is 6.27. The number of rotatable bonds is 8. The first-order chi connectivity index (χ1) is 13.0. The summed E-state index contributed by atoms with van der Waals surface area (Å²) >= 11 is 14.0. The molecular formula is C21H22Cl2N2OS. The molecule has 6 heteroatoms. The van der Waals surface area contributed by atoms with Gasteiger partial charge < -0.3 is 9.30 Å². The highest BCUT2D eigenvalue weighted by Crippen LogP contribution is 2.43. The van der Waals surface area contributed by atoms with Crippen LogP contribution in [0.2, 0.25) is 10.0 Å². The van der Waals surface area contributed by atoms with Gasteiger partial charge in [0, 0.05) is 33.7 Å². The summed E-state index contributed by atoms with van der Waals surface area (Å²) in [6, 6.07) is 13.8. The lowest BCUT2D eigenvalue weighted by Crippen LogP contribution is -2.27. The molecule has 0 saturated heterocycles. The second kappa shape index (κ2) is 9.05. The molecule has 1 aromatic heterocycles. The third-order valence-electron chi connectivity index (χ3n) is 4.41. The molecule has 0 aliphatic carbocycles. The lowest BCUT2D eigenvalue weighted by molar-refractivity contribution is 0.404. The Bertz CT molecular complexity index is 868. The molecule has 2 aromatic carbocycles. The molecule has 3 nitrogen and oxygen atoms in total. The summed E-state index contributed by atoms with van der Waals surface area (Å²) in [6.07, 6.45) is 7.60. The molecule has 1 atom stereocenters. The number of ether oxygens (including phenoxy) is 1. The van der Waals surface area contributed by atoms with Gasteiger partial charge in [0.15, 0.2) is 0 Å². The highest BCUT2D eigenvalue weighted by molar-refractivity contribution is 8.00. The third kappa shape index (κ3) is 5.68. The maximum Gasteiger partial charge on any atom is 0.132 e. The van der Waals surface area contributed by atoms with Gasteiger partial charge in [0.25, 0.3) is 0 Å². The van der Waals surface area contributed by atoms with Gasteiger partial charge >= 0.3 is 0 Å². The Labute approximate surface area is 174 Å². The molecule has 0 aliphatic heterocycles. The fourth-order valence-electron chi connectivity index (χ4n) is 2.98. The van der Waals surface area contributed by atoms with E-state index in [9.17, 15) is 0 Å². The number of imidazole rings is 1. The lowest BCUT2D eigenvalue weighted by Gasteiger charge is -2.30. The molecule has 0 fully saturated rings. The molecule has 0 N–H and O–H groups in total. The second-order valence-electron chi connectivity index (χ2n) is 6.71. The fourth-order valence-corrected chi connectivity index (χ4v) is 4.73. The van der Waals surface area contributed by atoms with Gasteiger partial charge in [0.1, 0.15) is 5.75 Å². The molecule has 3 aromatic rings. The molecule has 0 aliphatic rings. The molecule has 0 bridgehead atoms. The van der Waals surface area contributed by atoms with Crippen molar-refractivity contribution in [1.82, 2.24) is 9.55 Å². The molecule has 27 heavy (non-hydrogen) atoms. The van der Waals surface area contributed by atoms with Crippen LogP contribution in [0, 0.1) is 0 Å². The van der Waals surface area contributed by atoms with E-state index in [-0.39, 0.29) is 4.75 Å². The standard InChI is InChI=1S/C21H22Cl2N2OS/c1-21(14-25-12-11-24-15-25,10-9-16-3-5-17(22)6-4-16)27-20-13-18(23)7-8-19(20)26-2/h3-8,11-13,15H,9-10,14H2,1-2H3. The van der Waals surface area contributed by atoms with Gasteiger partial charge in [-0.25, -0.2) is 4.98 Å². The summed E-state index contributed by atoms with van der Waals surface area (Å²) in [7, 11) is 1.69. The van der Waals surface area contributed by atoms with Crippen LogP contribution >= 0.6 is 35.0 Å². The summed E-state index contributed by atoms with van der Waals surface area (Å²) in [5.74, 6) is 0.841. The van der Waals surface area contributed by atoms with Crippen LogP contribution in [0.15, 0.2) is 66.1 Å². The number of nitrogens with zero attached hydrogens (tertiary/aromatic N) is 2. The van der Waals surface area contributed by atoms with Gasteiger partial charge in [-0.3, -0.25) is 0 Å². The topological polar surface area (TPSA) is 27.1 Å². The van der Waals surface area contributed by atoms with Crippen molar-refractivity contribution >= 4 is 35.0 Å². The maximum absolute atomic E-state index is 6.24. The molecule has 0 saturated carbocycles. The van der Waals surface area contributed by atoms with Gasteiger partial charge in [-0.05, 0) is 55.7 Å². The highest BCUT2D eigenvalue weighted by Gasteiger charge is 2.28.